The number of carbonyl (C=O) groups excluding carboxylic acids is 2. The zero-order valence-corrected chi connectivity index (χ0v) is 24.9. The minimum absolute atomic E-state index is 0.0222. The highest BCUT2D eigenvalue weighted by Gasteiger charge is 2.50. The summed E-state index contributed by atoms with van der Waals surface area (Å²) >= 11 is 0.501. The second-order valence-electron chi connectivity index (χ2n) is 11.3. The number of alkyl halides is 4. The molecule has 3 heterocycles. The minimum Gasteiger partial charge on any atom is -0.444 e. The highest BCUT2D eigenvalue weighted by Crippen LogP contribution is 2.44. The van der Waals surface area contributed by atoms with Gasteiger partial charge in [-0.25, -0.2) is 31.9 Å². The number of nitrogens with one attached hydrogen (secondary N) is 2. The summed E-state index contributed by atoms with van der Waals surface area (Å²) in [6.45, 7) is 0.180. The lowest BCUT2D eigenvalue weighted by atomic mass is 9.88. The molecule has 13 heteroatoms. The average Bonchev–Trinajstić information content (AvgIpc) is 3.76. The van der Waals surface area contributed by atoms with Gasteiger partial charge in [-0.15, -0.1) is 11.3 Å². The summed E-state index contributed by atoms with van der Waals surface area (Å²) in [5, 5.41) is 9.17. The zero-order chi connectivity index (χ0) is 32.0. The molecule has 0 unspecified atom stereocenters. The predicted molar refractivity (Wildman–Crippen MR) is 163 cm³/mol. The molecule has 7 rings (SSSR count). The van der Waals surface area contributed by atoms with E-state index in [0.29, 0.717) is 17.0 Å². The van der Waals surface area contributed by atoms with E-state index in [1.165, 1.54) is 23.0 Å². The van der Waals surface area contributed by atoms with E-state index in [2.05, 4.69) is 20.7 Å². The first-order chi connectivity index (χ1) is 22.2. The SMILES string of the molecule is O=C(NCC1c2ccccc2-c2ccccc21)O[C@H]1CCCC(F)(F)[C@@H]1NC(=O)c1cc(-c2cnc3cccnn23)c(C(F)F)s1. The lowest BCUT2D eigenvalue weighted by Gasteiger charge is -2.37. The van der Waals surface area contributed by atoms with Gasteiger partial charge in [0.05, 0.1) is 21.6 Å². The van der Waals surface area contributed by atoms with Gasteiger partial charge in [-0.05, 0) is 53.3 Å². The molecule has 2 N–H and O–H groups in total. The topological polar surface area (TPSA) is 97.6 Å². The lowest BCUT2D eigenvalue weighted by Crippen LogP contribution is -2.58. The number of thiophene rings is 1. The maximum atomic E-state index is 15.3. The van der Waals surface area contributed by atoms with Gasteiger partial charge in [0.1, 0.15) is 12.1 Å². The van der Waals surface area contributed by atoms with Gasteiger partial charge in [-0.3, -0.25) is 4.79 Å². The molecule has 3 aromatic heterocycles. The maximum absolute atomic E-state index is 15.3. The molecule has 2 atom stereocenters. The molecular weight excluding hydrogens is 622 g/mol. The van der Waals surface area contributed by atoms with Crippen molar-refractivity contribution in [2.75, 3.05) is 6.54 Å². The van der Waals surface area contributed by atoms with Gasteiger partial charge in [-0.1, -0.05) is 48.5 Å². The van der Waals surface area contributed by atoms with E-state index >= 15 is 8.78 Å². The first kappa shape index (κ1) is 29.9. The molecule has 0 radical (unpaired) electrons. The third-order valence-electron chi connectivity index (χ3n) is 8.52. The number of imidazole rings is 1. The van der Waals surface area contributed by atoms with Crippen molar-refractivity contribution in [3.8, 4) is 22.4 Å². The van der Waals surface area contributed by atoms with Crippen molar-refractivity contribution >= 4 is 29.0 Å². The Morgan fingerprint density at radius 3 is 2.46 bits per heavy atom. The molecule has 0 saturated heterocycles. The largest absolute Gasteiger partial charge is 0.444 e. The van der Waals surface area contributed by atoms with Crippen molar-refractivity contribution in [2.24, 2.45) is 0 Å². The number of aromatic nitrogens is 3. The zero-order valence-electron chi connectivity index (χ0n) is 24.1. The summed E-state index contributed by atoms with van der Waals surface area (Å²) in [6.07, 6.45) is -2.71. The summed E-state index contributed by atoms with van der Waals surface area (Å²) < 4.78 is 65.5. The number of fused-ring (bicyclic) bond motifs is 4. The Kier molecular flexibility index (Phi) is 7.71. The van der Waals surface area contributed by atoms with E-state index in [0.717, 1.165) is 22.3 Å². The van der Waals surface area contributed by atoms with Crippen molar-refractivity contribution < 1.29 is 31.9 Å². The molecule has 0 bridgehead atoms. The van der Waals surface area contributed by atoms with Crippen molar-refractivity contribution in [2.45, 2.75) is 49.7 Å². The second kappa shape index (κ2) is 11.9. The fourth-order valence-electron chi connectivity index (χ4n) is 6.41. The number of benzene rings is 2. The van der Waals surface area contributed by atoms with Crippen LogP contribution in [0.3, 0.4) is 0 Å². The fraction of sp³-hybridized carbons (Fsp3) is 0.273. The Morgan fingerprint density at radius 2 is 1.74 bits per heavy atom. The number of alkyl carbamates (subject to hydrolysis) is 1. The van der Waals surface area contributed by atoms with Crippen LogP contribution < -0.4 is 10.6 Å². The van der Waals surface area contributed by atoms with Crippen LogP contribution in [0.5, 0.6) is 0 Å². The summed E-state index contributed by atoms with van der Waals surface area (Å²) in [5.41, 5.74) is 4.88. The number of carbonyl (C=O) groups is 2. The number of rotatable bonds is 7. The maximum Gasteiger partial charge on any atom is 0.407 e. The van der Waals surface area contributed by atoms with E-state index in [-0.39, 0.29) is 41.4 Å². The normalized spacial score (nSPS) is 18.7. The van der Waals surface area contributed by atoms with Gasteiger partial charge in [0.25, 0.3) is 18.3 Å². The molecule has 5 aromatic rings. The van der Waals surface area contributed by atoms with Gasteiger partial charge in [0.15, 0.2) is 5.65 Å². The standard InChI is InChI=1S/C33H27F4N5O3S/c34-30(35)28-22(24-17-38-27-12-6-14-40-42(24)27)15-26(46-28)31(43)41-29-25(11-5-13-33(29,36)37)45-32(44)39-16-23-20-9-3-1-7-18(20)19-8-2-4-10-21(19)23/h1-4,6-10,12,14-15,17,23,25,29-30H,5,11,13,16H2,(H,39,44)(H,41,43)/t25-,29+/m0/s1. The molecule has 1 saturated carbocycles. The number of halogens is 4. The van der Waals surface area contributed by atoms with Gasteiger partial charge >= 0.3 is 6.09 Å². The van der Waals surface area contributed by atoms with Gasteiger partial charge in [-0.2, -0.15) is 5.10 Å². The minimum atomic E-state index is -3.40. The monoisotopic (exact) mass is 649 g/mol. The third kappa shape index (κ3) is 5.38. The number of hydrogen-bond acceptors (Lipinski definition) is 6. The van der Waals surface area contributed by atoms with E-state index in [9.17, 15) is 18.4 Å². The molecule has 2 aromatic carbocycles. The van der Waals surface area contributed by atoms with Crippen LogP contribution in [-0.4, -0.2) is 51.2 Å². The Labute approximate surface area is 264 Å². The predicted octanol–water partition coefficient (Wildman–Crippen LogP) is 7.22. The first-order valence-corrected chi connectivity index (χ1v) is 15.6. The molecule has 1 fully saturated rings. The quantitative estimate of drug-likeness (QED) is 0.182. The second-order valence-corrected chi connectivity index (χ2v) is 12.4. The molecule has 0 aliphatic heterocycles. The van der Waals surface area contributed by atoms with Crippen molar-refractivity contribution in [1.29, 1.82) is 0 Å². The molecule has 8 nitrogen and oxygen atoms in total. The molecule has 2 aliphatic carbocycles. The average molecular weight is 650 g/mol. The van der Waals surface area contributed by atoms with Crippen LogP contribution in [0.25, 0.3) is 28.0 Å². The first-order valence-electron chi connectivity index (χ1n) is 14.7. The molecular formula is C33H27F4N5O3S. The van der Waals surface area contributed by atoms with Crippen LogP contribution in [0, 0.1) is 0 Å². The van der Waals surface area contributed by atoms with E-state index in [4.69, 9.17) is 4.74 Å². The van der Waals surface area contributed by atoms with Crippen molar-refractivity contribution in [1.82, 2.24) is 25.2 Å². The molecule has 46 heavy (non-hydrogen) atoms. The number of hydrogen-bond donors (Lipinski definition) is 2. The highest BCUT2D eigenvalue weighted by molar-refractivity contribution is 7.14. The number of amides is 2. The summed E-state index contributed by atoms with van der Waals surface area (Å²) in [4.78, 5) is 29.8. The Balaban J connectivity index is 1.08. The van der Waals surface area contributed by atoms with Crippen molar-refractivity contribution in [3.63, 3.8) is 0 Å². The summed E-state index contributed by atoms with van der Waals surface area (Å²) in [6, 6.07) is 18.4. The number of nitrogens with zero attached hydrogens (tertiary/aromatic N) is 3. The van der Waals surface area contributed by atoms with E-state index < -0.39 is 47.8 Å². The van der Waals surface area contributed by atoms with Crippen LogP contribution in [0.15, 0.2) is 79.1 Å². The molecule has 2 aliphatic rings. The lowest BCUT2D eigenvalue weighted by molar-refractivity contribution is -0.106. The fourth-order valence-corrected chi connectivity index (χ4v) is 7.34. The van der Waals surface area contributed by atoms with Crippen molar-refractivity contribution in [3.05, 3.63) is 100 Å². The van der Waals surface area contributed by atoms with Crippen LogP contribution >= 0.6 is 11.3 Å². The smallest absolute Gasteiger partial charge is 0.407 e. The molecule has 236 valence electrons. The Hall–Kier alpha value is -4.78. The van der Waals surface area contributed by atoms with Crippen LogP contribution in [0.1, 0.15) is 57.3 Å². The molecule has 2 amide bonds. The highest BCUT2D eigenvalue weighted by atomic mass is 32.1. The van der Waals surface area contributed by atoms with Gasteiger partial charge in [0.2, 0.25) is 0 Å². The molecule has 0 spiro atoms. The van der Waals surface area contributed by atoms with Crippen LogP contribution in [0.2, 0.25) is 0 Å². The van der Waals surface area contributed by atoms with E-state index in [1.807, 2.05) is 48.5 Å². The van der Waals surface area contributed by atoms with Crippen LogP contribution in [0.4, 0.5) is 22.4 Å². The Morgan fingerprint density at radius 1 is 1.02 bits per heavy atom. The van der Waals surface area contributed by atoms with Gasteiger partial charge in [0, 0.05) is 30.6 Å². The summed E-state index contributed by atoms with van der Waals surface area (Å²) in [7, 11) is 0. The Bertz CT molecular complexity index is 1900. The van der Waals surface area contributed by atoms with Crippen LogP contribution in [-0.2, 0) is 4.74 Å². The van der Waals surface area contributed by atoms with Gasteiger partial charge < -0.3 is 15.4 Å². The van der Waals surface area contributed by atoms with E-state index in [1.54, 1.807) is 12.1 Å². The number of ether oxygens (including phenoxy) is 1. The third-order valence-corrected chi connectivity index (χ3v) is 9.66. The summed E-state index contributed by atoms with van der Waals surface area (Å²) in [5.74, 6) is -4.53.